The Morgan fingerprint density at radius 3 is 2.57 bits per heavy atom. The van der Waals surface area contributed by atoms with Crippen LogP contribution >= 0.6 is 0 Å². The molecule has 2 amide bonds. The van der Waals surface area contributed by atoms with Gasteiger partial charge in [0.2, 0.25) is 0 Å². The SMILES string of the molecule is CCN1C(=N)C(c2ncn(-c3ccc(OC)cc3)c2N)=NC1=O. The summed E-state index contributed by atoms with van der Waals surface area (Å²) in [4.78, 5) is 21.1. The lowest BCUT2D eigenvalue weighted by Gasteiger charge is -2.11. The van der Waals surface area contributed by atoms with E-state index in [1.807, 2.05) is 24.3 Å². The van der Waals surface area contributed by atoms with Gasteiger partial charge in [-0.05, 0) is 31.2 Å². The van der Waals surface area contributed by atoms with Gasteiger partial charge in [-0.15, -0.1) is 0 Å². The number of aliphatic imine (C=N–C) groups is 1. The van der Waals surface area contributed by atoms with E-state index in [2.05, 4.69) is 9.98 Å². The highest BCUT2D eigenvalue weighted by molar-refractivity contribution is 6.52. The molecule has 0 radical (unpaired) electrons. The summed E-state index contributed by atoms with van der Waals surface area (Å²) in [6.07, 6.45) is 1.54. The van der Waals surface area contributed by atoms with Crippen LogP contribution in [-0.4, -0.2) is 45.7 Å². The predicted molar refractivity (Wildman–Crippen MR) is 86.6 cm³/mol. The number of nitrogens with two attached hydrogens (primary N) is 1. The summed E-state index contributed by atoms with van der Waals surface area (Å²) in [6.45, 7) is 2.16. The second kappa shape index (κ2) is 5.56. The highest BCUT2D eigenvalue weighted by Crippen LogP contribution is 2.22. The summed E-state index contributed by atoms with van der Waals surface area (Å²) in [5.41, 5.74) is 7.46. The van der Waals surface area contributed by atoms with Crippen molar-refractivity contribution >= 4 is 23.4 Å². The summed E-state index contributed by atoms with van der Waals surface area (Å²) < 4.78 is 6.80. The minimum absolute atomic E-state index is 0.0178. The number of amidine groups is 1. The van der Waals surface area contributed by atoms with Crippen LogP contribution in [-0.2, 0) is 0 Å². The molecule has 1 aromatic heterocycles. The van der Waals surface area contributed by atoms with Crippen molar-refractivity contribution < 1.29 is 9.53 Å². The molecule has 2 heterocycles. The number of hydrogen-bond acceptors (Lipinski definition) is 5. The number of rotatable bonds is 4. The largest absolute Gasteiger partial charge is 0.497 e. The van der Waals surface area contributed by atoms with Crippen LogP contribution < -0.4 is 10.5 Å². The lowest BCUT2D eigenvalue weighted by molar-refractivity contribution is 0.234. The quantitative estimate of drug-likeness (QED) is 0.895. The van der Waals surface area contributed by atoms with Gasteiger partial charge in [0.15, 0.2) is 5.84 Å². The van der Waals surface area contributed by atoms with Gasteiger partial charge in [-0.25, -0.2) is 9.78 Å². The van der Waals surface area contributed by atoms with E-state index in [-0.39, 0.29) is 11.5 Å². The number of benzene rings is 1. The molecule has 8 nitrogen and oxygen atoms in total. The highest BCUT2D eigenvalue weighted by Gasteiger charge is 2.32. The fourth-order valence-corrected chi connectivity index (χ4v) is 2.38. The predicted octanol–water partition coefficient (Wildman–Crippen LogP) is 1.68. The van der Waals surface area contributed by atoms with Crippen LogP contribution in [0.4, 0.5) is 10.6 Å². The standard InChI is InChI=1S/C15H16N6O2/c1-3-20-14(17)12(19-15(20)22)11-13(16)21(8-18-11)9-4-6-10(23-2)7-5-9/h4-8,17H,3,16H2,1-2H3. The van der Waals surface area contributed by atoms with Gasteiger partial charge in [-0.3, -0.25) is 14.9 Å². The lowest BCUT2D eigenvalue weighted by atomic mass is 10.2. The molecule has 23 heavy (non-hydrogen) atoms. The summed E-state index contributed by atoms with van der Waals surface area (Å²) in [5.74, 6) is 1.08. The van der Waals surface area contributed by atoms with E-state index in [9.17, 15) is 4.79 Å². The maximum atomic E-state index is 11.8. The molecule has 0 atom stereocenters. The third-order valence-electron chi connectivity index (χ3n) is 3.63. The van der Waals surface area contributed by atoms with Gasteiger partial charge >= 0.3 is 6.03 Å². The number of nitrogens with one attached hydrogen (secondary N) is 1. The average molecular weight is 312 g/mol. The van der Waals surface area contributed by atoms with E-state index in [0.717, 1.165) is 11.4 Å². The molecule has 118 valence electrons. The monoisotopic (exact) mass is 312 g/mol. The fraction of sp³-hybridized carbons (Fsp3) is 0.200. The molecular formula is C15H16N6O2. The van der Waals surface area contributed by atoms with Crippen LogP contribution in [0.2, 0.25) is 0 Å². The molecule has 1 aliphatic heterocycles. The second-order valence-electron chi connectivity index (χ2n) is 4.88. The molecule has 0 aliphatic carbocycles. The van der Waals surface area contributed by atoms with Crippen molar-refractivity contribution in [3.05, 3.63) is 36.3 Å². The first kappa shape index (κ1) is 14.8. The Hall–Kier alpha value is -3.16. The lowest BCUT2D eigenvalue weighted by Crippen LogP contribution is -2.32. The number of amides is 2. The van der Waals surface area contributed by atoms with E-state index in [1.165, 1.54) is 4.90 Å². The molecule has 0 unspecified atom stereocenters. The number of urea groups is 1. The number of carbonyl (C=O) groups is 1. The first-order valence-corrected chi connectivity index (χ1v) is 7.03. The first-order valence-electron chi connectivity index (χ1n) is 7.03. The Bertz CT molecular complexity index is 806. The van der Waals surface area contributed by atoms with E-state index >= 15 is 0 Å². The first-order chi connectivity index (χ1) is 11.1. The van der Waals surface area contributed by atoms with Gasteiger partial charge in [-0.2, -0.15) is 4.99 Å². The van der Waals surface area contributed by atoms with Gasteiger partial charge in [0.1, 0.15) is 29.3 Å². The molecule has 0 saturated carbocycles. The zero-order valence-corrected chi connectivity index (χ0v) is 12.8. The Labute approximate surface area is 132 Å². The van der Waals surface area contributed by atoms with Crippen molar-refractivity contribution in [1.82, 2.24) is 14.5 Å². The van der Waals surface area contributed by atoms with Gasteiger partial charge in [0.05, 0.1) is 7.11 Å². The molecule has 1 aliphatic rings. The van der Waals surface area contributed by atoms with Crippen molar-refractivity contribution in [2.45, 2.75) is 6.92 Å². The van der Waals surface area contributed by atoms with Crippen molar-refractivity contribution in [2.75, 3.05) is 19.4 Å². The molecule has 3 N–H and O–H groups in total. The zero-order valence-electron chi connectivity index (χ0n) is 12.8. The highest BCUT2D eigenvalue weighted by atomic mass is 16.5. The van der Waals surface area contributed by atoms with Crippen LogP contribution in [0.5, 0.6) is 5.75 Å². The molecule has 1 aromatic carbocycles. The summed E-state index contributed by atoms with van der Waals surface area (Å²) in [5, 5.41) is 8.05. The zero-order chi connectivity index (χ0) is 16.6. The van der Waals surface area contributed by atoms with Crippen molar-refractivity contribution in [2.24, 2.45) is 4.99 Å². The Morgan fingerprint density at radius 2 is 2.00 bits per heavy atom. The number of carbonyl (C=O) groups excluding carboxylic acids is 1. The molecule has 0 fully saturated rings. The minimum atomic E-state index is -0.467. The Morgan fingerprint density at radius 1 is 1.30 bits per heavy atom. The van der Waals surface area contributed by atoms with Crippen LogP contribution in [0.25, 0.3) is 5.69 Å². The van der Waals surface area contributed by atoms with E-state index in [1.54, 1.807) is 24.9 Å². The minimum Gasteiger partial charge on any atom is -0.497 e. The number of likely N-dealkylation sites (N-methyl/N-ethyl adjacent to an activating group) is 1. The van der Waals surface area contributed by atoms with Gasteiger partial charge in [0.25, 0.3) is 0 Å². The van der Waals surface area contributed by atoms with E-state index < -0.39 is 6.03 Å². The van der Waals surface area contributed by atoms with Crippen LogP contribution in [0, 0.1) is 5.41 Å². The van der Waals surface area contributed by atoms with Gasteiger partial charge in [0, 0.05) is 12.2 Å². The van der Waals surface area contributed by atoms with Crippen molar-refractivity contribution in [3.63, 3.8) is 0 Å². The number of nitrogens with zero attached hydrogens (tertiary/aromatic N) is 4. The smallest absolute Gasteiger partial charge is 0.349 e. The molecule has 2 aromatic rings. The number of hydrogen-bond donors (Lipinski definition) is 2. The maximum Gasteiger partial charge on any atom is 0.349 e. The molecule has 8 heteroatoms. The molecule has 0 spiro atoms. The summed E-state index contributed by atoms with van der Waals surface area (Å²) in [7, 11) is 1.60. The van der Waals surface area contributed by atoms with Gasteiger partial charge in [-0.1, -0.05) is 0 Å². The molecule has 3 rings (SSSR count). The number of nitrogen functional groups attached to an aromatic ring is 1. The second-order valence-corrected chi connectivity index (χ2v) is 4.88. The average Bonchev–Trinajstić information content (AvgIpc) is 3.07. The number of aromatic nitrogens is 2. The number of ether oxygens (including phenoxy) is 1. The number of methoxy groups -OCH3 is 1. The third-order valence-corrected chi connectivity index (χ3v) is 3.63. The number of anilines is 1. The maximum absolute atomic E-state index is 11.8. The molecule has 0 bridgehead atoms. The van der Waals surface area contributed by atoms with E-state index in [0.29, 0.717) is 18.1 Å². The van der Waals surface area contributed by atoms with Crippen LogP contribution in [0.15, 0.2) is 35.6 Å². The Balaban J connectivity index is 1.98. The number of imidazole rings is 1. The molecular weight excluding hydrogens is 296 g/mol. The normalized spacial score (nSPS) is 14.3. The summed E-state index contributed by atoms with van der Waals surface area (Å²) in [6, 6.07) is 6.83. The fourth-order valence-electron chi connectivity index (χ4n) is 2.38. The third kappa shape index (κ3) is 2.33. The van der Waals surface area contributed by atoms with Gasteiger partial charge < -0.3 is 10.5 Å². The topological polar surface area (TPSA) is 110 Å². The van der Waals surface area contributed by atoms with Crippen LogP contribution in [0.3, 0.4) is 0 Å². The molecule has 0 saturated heterocycles. The van der Waals surface area contributed by atoms with Crippen LogP contribution in [0.1, 0.15) is 12.6 Å². The van der Waals surface area contributed by atoms with Crippen molar-refractivity contribution in [1.29, 1.82) is 5.41 Å². The Kier molecular flexibility index (Phi) is 3.57. The summed E-state index contributed by atoms with van der Waals surface area (Å²) >= 11 is 0. The van der Waals surface area contributed by atoms with E-state index in [4.69, 9.17) is 15.9 Å². The van der Waals surface area contributed by atoms with Crippen molar-refractivity contribution in [3.8, 4) is 11.4 Å².